The Morgan fingerprint density at radius 1 is 1.21 bits per heavy atom. The van der Waals surface area contributed by atoms with E-state index in [2.05, 4.69) is 13.8 Å². The number of benzene rings is 1. The Morgan fingerprint density at radius 2 is 1.91 bits per heavy atom. The van der Waals surface area contributed by atoms with Crippen molar-refractivity contribution in [3.63, 3.8) is 0 Å². The number of nitrogens with zero attached hydrogens (tertiary/aromatic N) is 1. The molecule has 0 saturated carbocycles. The second-order valence-electron chi connectivity index (χ2n) is 8.79. The van der Waals surface area contributed by atoms with Crippen LogP contribution >= 0.6 is 0 Å². The average Bonchev–Trinajstić information content (AvgIpc) is 3.33. The Balaban J connectivity index is 2.00. The van der Waals surface area contributed by atoms with Crippen molar-refractivity contribution in [2.45, 2.75) is 53.2 Å². The van der Waals surface area contributed by atoms with E-state index in [9.17, 15) is 19.1 Å². The smallest absolute Gasteiger partial charge is 0.295 e. The molecule has 7 nitrogen and oxygen atoms in total. The standard InChI is InChI=1S/C26H33FN2O5/c1-6-28(7-2)13-8-14-29-23(21-11-9-17(5)34-21)22(25(31)26(29)32)24(30)18-10-12-20(19(27)15-18)33-16(3)4/h9-12,15-16,23,30H,6-8,13-14H2,1-5H3. The second kappa shape index (κ2) is 10.9. The van der Waals surface area contributed by atoms with Gasteiger partial charge in [-0.15, -0.1) is 0 Å². The van der Waals surface area contributed by atoms with Crippen molar-refractivity contribution >= 4 is 17.4 Å². The van der Waals surface area contributed by atoms with Crippen molar-refractivity contribution in [1.82, 2.24) is 4.90 Å². The predicted molar refractivity (Wildman–Crippen MR) is 124 cm³/mol. The highest BCUT2D eigenvalue weighted by Gasteiger charge is 2.45. The molecular weight excluding hydrogens is 439 g/mol. The van der Waals surface area contributed by atoms with Crippen molar-refractivity contribution in [2.75, 3.05) is 26.2 Å². The van der Waals surface area contributed by atoms with Gasteiger partial charge in [-0.25, -0.2) is 4.39 Å². The SMILES string of the molecule is CC[NH+](CC)CCCN1C(=O)C(=O)C(=C([O-])c2ccc(OC(C)C)c(F)c2)C1c1ccc(C)o1. The van der Waals surface area contributed by atoms with Crippen molar-refractivity contribution in [2.24, 2.45) is 0 Å². The van der Waals surface area contributed by atoms with Gasteiger partial charge in [-0.05, 0) is 64.4 Å². The molecule has 1 unspecified atom stereocenters. The predicted octanol–water partition coefficient (Wildman–Crippen LogP) is 2.05. The first kappa shape index (κ1) is 25.5. The summed E-state index contributed by atoms with van der Waals surface area (Å²) in [5.74, 6) is -2.05. The van der Waals surface area contributed by atoms with Crippen molar-refractivity contribution in [3.8, 4) is 5.75 Å². The van der Waals surface area contributed by atoms with Gasteiger partial charge < -0.3 is 24.1 Å². The maximum atomic E-state index is 14.6. The molecule has 1 N–H and O–H groups in total. The van der Waals surface area contributed by atoms with E-state index in [4.69, 9.17) is 9.15 Å². The molecule has 184 valence electrons. The molecule has 1 aliphatic heterocycles. The van der Waals surface area contributed by atoms with E-state index in [1.807, 2.05) is 0 Å². The normalized spacial score (nSPS) is 17.9. The third-order valence-electron chi connectivity index (χ3n) is 6.05. The lowest BCUT2D eigenvalue weighted by Crippen LogP contribution is -3.11. The van der Waals surface area contributed by atoms with Gasteiger partial charge in [0.05, 0.1) is 25.7 Å². The number of rotatable bonds is 10. The molecule has 2 heterocycles. The molecule has 1 aromatic heterocycles. The Kier molecular flexibility index (Phi) is 8.15. The number of aryl methyl sites for hydroxylation is 1. The number of nitrogens with one attached hydrogen (secondary N) is 1. The fourth-order valence-electron chi connectivity index (χ4n) is 4.25. The van der Waals surface area contributed by atoms with Crippen LogP contribution in [0.1, 0.15) is 57.2 Å². The molecule has 2 aromatic rings. The van der Waals surface area contributed by atoms with Crippen LogP contribution in [0.25, 0.3) is 5.76 Å². The van der Waals surface area contributed by atoms with E-state index in [1.165, 1.54) is 21.9 Å². The van der Waals surface area contributed by atoms with Crippen LogP contribution in [0.3, 0.4) is 0 Å². The van der Waals surface area contributed by atoms with E-state index in [0.717, 1.165) is 25.7 Å². The number of quaternary nitrogens is 1. The zero-order valence-corrected chi connectivity index (χ0v) is 20.4. The molecule has 3 rings (SSSR count). The number of amides is 1. The van der Waals surface area contributed by atoms with E-state index in [0.29, 0.717) is 24.5 Å². The quantitative estimate of drug-likeness (QED) is 0.325. The number of carbonyl (C=O) groups is 2. The molecule has 0 radical (unpaired) electrons. The number of hydrogen-bond acceptors (Lipinski definition) is 5. The van der Waals surface area contributed by atoms with Crippen LogP contribution in [-0.2, 0) is 9.59 Å². The van der Waals surface area contributed by atoms with Crippen LogP contribution in [0.15, 0.2) is 40.3 Å². The zero-order chi connectivity index (χ0) is 25.0. The van der Waals surface area contributed by atoms with Gasteiger partial charge in [0.1, 0.15) is 17.6 Å². The summed E-state index contributed by atoms with van der Waals surface area (Å²) in [6.07, 6.45) is 0.432. The minimum Gasteiger partial charge on any atom is -0.872 e. The largest absolute Gasteiger partial charge is 0.872 e. The van der Waals surface area contributed by atoms with Gasteiger partial charge in [-0.2, -0.15) is 0 Å². The summed E-state index contributed by atoms with van der Waals surface area (Å²) in [5.41, 5.74) is -0.237. The van der Waals surface area contributed by atoms with E-state index >= 15 is 0 Å². The molecule has 0 spiro atoms. The van der Waals surface area contributed by atoms with Crippen LogP contribution in [0.5, 0.6) is 5.75 Å². The van der Waals surface area contributed by atoms with Crippen molar-refractivity contribution in [1.29, 1.82) is 0 Å². The number of Topliss-reactive ketones (excluding diaryl/α,β-unsaturated/α-hetero) is 1. The van der Waals surface area contributed by atoms with Gasteiger partial charge in [-0.3, -0.25) is 9.59 Å². The average molecular weight is 473 g/mol. The maximum Gasteiger partial charge on any atom is 0.295 e. The van der Waals surface area contributed by atoms with Gasteiger partial charge in [0.25, 0.3) is 5.91 Å². The van der Waals surface area contributed by atoms with E-state index in [1.54, 1.807) is 32.9 Å². The summed E-state index contributed by atoms with van der Waals surface area (Å²) in [5, 5.41) is 13.4. The molecule has 1 aliphatic rings. The molecule has 1 aromatic carbocycles. The highest BCUT2D eigenvalue weighted by Crippen LogP contribution is 2.39. The molecular formula is C26H33FN2O5. The van der Waals surface area contributed by atoms with Crippen molar-refractivity contribution < 1.29 is 33.1 Å². The zero-order valence-electron chi connectivity index (χ0n) is 20.4. The highest BCUT2D eigenvalue weighted by molar-refractivity contribution is 6.46. The molecule has 1 atom stereocenters. The van der Waals surface area contributed by atoms with Gasteiger partial charge in [0, 0.05) is 18.5 Å². The summed E-state index contributed by atoms with van der Waals surface area (Å²) >= 11 is 0. The van der Waals surface area contributed by atoms with Crippen LogP contribution in [0, 0.1) is 12.7 Å². The molecule has 1 fully saturated rings. The lowest BCUT2D eigenvalue weighted by atomic mass is 9.99. The Bertz CT molecular complexity index is 1070. The lowest BCUT2D eigenvalue weighted by molar-refractivity contribution is -0.896. The first-order valence-electron chi connectivity index (χ1n) is 11.8. The minimum atomic E-state index is -0.942. The molecule has 0 aliphatic carbocycles. The van der Waals surface area contributed by atoms with Gasteiger partial charge in [0.2, 0.25) is 5.78 Å². The Morgan fingerprint density at radius 3 is 2.47 bits per heavy atom. The molecule has 8 heteroatoms. The van der Waals surface area contributed by atoms with Crippen LogP contribution < -0.4 is 14.7 Å². The van der Waals surface area contributed by atoms with Gasteiger partial charge >= 0.3 is 0 Å². The summed E-state index contributed by atoms with van der Waals surface area (Å²) < 4.78 is 25.7. The third kappa shape index (κ3) is 5.33. The van der Waals surface area contributed by atoms with E-state index < -0.39 is 29.3 Å². The number of ether oxygens (including phenoxy) is 1. The fourth-order valence-corrected chi connectivity index (χ4v) is 4.25. The van der Waals surface area contributed by atoms with Gasteiger partial charge in [0.15, 0.2) is 11.6 Å². The summed E-state index contributed by atoms with van der Waals surface area (Å²) in [6, 6.07) is 6.26. The minimum absolute atomic E-state index is 0.0177. The monoisotopic (exact) mass is 472 g/mol. The maximum absolute atomic E-state index is 14.6. The second-order valence-corrected chi connectivity index (χ2v) is 8.79. The number of likely N-dealkylation sites (tertiary alicyclic amines) is 1. The molecule has 0 bridgehead atoms. The Labute approximate surface area is 199 Å². The van der Waals surface area contributed by atoms with E-state index in [-0.39, 0.29) is 23.0 Å². The summed E-state index contributed by atoms with van der Waals surface area (Å²) in [4.78, 5) is 28.8. The third-order valence-corrected chi connectivity index (χ3v) is 6.05. The number of furan rings is 1. The number of halogens is 1. The first-order valence-corrected chi connectivity index (χ1v) is 11.8. The number of ketones is 1. The van der Waals surface area contributed by atoms with Crippen LogP contribution in [0.2, 0.25) is 0 Å². The lowest BCUT2D eigenvalue weighted by Gasteiger charge is -2.26. The highest BCUT2D eigenvalue weighted by atomic mass is 19.1. The first-order chi connectivity index (χ1) is 16.2. The van der Waals surface area contributed by atoms with Crippen LogP contribution in [-0.4, -0.2) is 48.9 Å². The molecule has 34 heavy (non-hydrogen) atoms. The Hall–Kier alpha value is -3.13. The molecule has 1 saturated heterocycles. The van der Waals surface area contributed by atoms with Crippen LogP contribution in [0.4, 0.5) is 4.39 Å². The fraction of sp³-hybridized carbons (Fsp3) is 0.462. The van der Waals surface area contributed by atoms with Gasteiger partial charge in [-0.1, -0.05) is 11.8 Å². The number of carbonyl (C=O) groups excluding carboxylic acids is 2. The topological polar surface area (TPSA) is 87.2 Å². The summed E-state index contributed by atoms with van der Waals surface area (Å²) in [6.45, 7) is 12.5. The van der Waals surface area contributed by atoms with Crippen molar-refractivity contribution in [3.05, 3.63) is 58.8 Å². The molecule has 1 amide bonds. The summed E-state index contributed by atoms with van der Waals surface area (Å²) in [7, 11) is 0. The number of hydrogen-bond donors (Lipinski definition) is 1.